The zero-order chi connectivity index (χ0) is 18.6. The molecule has 1 aliphatic heterocycles. The van der Waals surface area contributed by atoms with Gasteiger partial charge in [0.05, 0.1) is 19.8 Å². The van der Waals surface area contributed by atoms with Gasteiger partial charge >= 0.3 is 6.09 Å². The molecule has 1 aliphatic rings. The monoisotopic (exact) mass is 376 g/mol. The van der Waals surface area contributed by atoms with Gasteiger partial charge in [-0.05, 0) is 36.3 Å². The van der Waals surface area contributed by atoms with Crippen molar-refractivity contribution in [1.29, 1.82) is 0 Å². The van der Waals surface area contributed by atoms with Gasteiger partial charge in [-0.2, -0.15) is 5.10 Å². The van der Waals surface area contributed by atoms with Gasteiger partial charge in [-0.25, -0.2) is 4.79 Å². The first kappa shape index (κ1) is 18.6. The number of nitrogens with zero attached hydrogens (tertiary/aromatic N) is 2. The van der Waals surface area contributed by atoms with Crippen molar-refractivity contribution in [3.05, 3.63) is 40.4 Å². The van der Waals surface area contributed by atoms with Crippen LogP contribution in [-0.2, 0) is 28.4 Å². The number of aromatic nitrogens is 3. The van der Waals surface area contributed by atoms with Crippen LogP contribution in [0.4, 0.5) is 10.5 Å². The number of unbranched alkanes of at least 4 members (excludes halogenated alkanes) is 1. The number of H-pyrrole nitrogens is 1. The zero-order valence-electron chi connectivity index (χ0n) is 15.1. The van der Waals surface area contributed by atoms with Crippen molar-refractivity contribution in [1.82, 2.24) is 14.8 Å². The molecule has 1 fully saturated rings. The van der Waals surface area contributed by atoms with Gasteiger partial charge in [-0.1, -0.05) is 25.5 Å². The van der Waals surface area contributed by atoms with Gasteiger partial charge in [-0.3, -0.25) is 10.4 Å². The standard InChI is InChI=1S/C18H24N4O3S/c1-3-4-8-25-17(23)19-14-7-5-6-13(9-14)18(11-24-12-18)10-15-20-21-16(26)22(15)2/h5-7,9H,3-4,8,10-12H2,1-2H3,(H,19,23)(H,21,26). The third-order valence-corrected chi connectivity index (χ3v) is 5.04. The van der Waals surface area contributed by atoms with E-state index in [4.69, 9.17) is 21.7 Å². The van der Waals surface area contributed by atoms with Crippen LogP contribution < -0.4 is 5.32 Å². The van der Waals surface area contributed by atoms with Crippen molar-refractivity contribution in [3.63, 3.8) is 0 Å². The maximum atomic E-state index is 11.9. The molecule has 140 valence electrons. The Morgan fingerprint density at radius 3 is 2.92 bits per heavy atom. The summed E-state index contributed by atoms with van der Waals surface area (Å²) in [7, 11) is 1.90. The fraction of sp³-hybridized carbons (Fsp3) is 0.500. The fourth-order valence-corrected chi connectivity index (χ4v) is 3.10. The van der Waals surface area contributed by atoms with Gasteiger partial charge in [0.2, 0.25) is 0 Å². The normalized spacial score (nSPS) is 15.3. The molecule has 2 heterocycles. The highest BCUT2D eigenvalue weighted by molar-refractivity contribution is 7.71. The second kappa shape index (κ2) is 8.01. The van der Waals surface area contributed by atoms with Crippen molar-refractivity contribution < 1.29 is 14.3 Å². The minimum absolute atomic E-state index is 0.168. The largest absolute Gasteiger partial charge is 0.449 e. The lowest BCUT2D eigenvalue weighted by atomic mass is 9.75. The quantitative estimate of drug-likeness (QED) is 0.572. The van der Waals surface area contributed by atoms with Crippen LogP contribution >= 0.6 is 12.2 Å². The van der Waals surface area contributed by atoms with Crippen molar-refractivity contribution in [2.75, 3.05) is 25.1 Å². The first-order chi connectivity index (χ1) is 12.5. The maximum Gasteiger partial charge on any atom is 0.411 e. The molecule has 1 aromatic heterocycles. The molecule has 1 saturated heterocycles. The number of rotatable bonds is 7. The average Bonchev–Trinajstić information content (AvgIpc) is 2.90. The van der Waals surface area contributed by atoms with Crippen LogP contribution in [0.3, 0.4) is 0 Å². The van der Waals surface area contributed by atoms with Crippen LogP contribution in [0, 0.1) is 4.77 Å². The molecule has 26 heavy (non-hydrogen) atoms. The Balaban J connectivity index is 1.74. The molecule has 2 N–H and O–H groups in total. The molecule has 0 aliphatic carbocycles. The topological polar surface area (TPSA) is 81.2 Å². The first-order valence-corrected chi connectivity index (χ1v) is 9.17. The lowest BCUT2D eigenvalue weighted by molar-refractivity contribution is -0.0611. The smallest absolute Gasteiger partial charge is 0.411 e. The maximum absolute atomic E-state index is 11.9. The molecule has 3 rings (SSSR count). The summed E-state index contributed by atoms with van der Waals surface area (Å²) in [4.78, 5) is 11.9. The SMILES string of the molecule is CCCCOC(=O)Nc1cccc(C2(Cc3n[nH]c(=S)n3C)COC2)c1. The summed E-state index contributed by atoms with van der Waals surface area (Å²) < 4.78 is 13.2. The minimum atomic E-state index is -0.427. The van der Waals surface area contributed by atoms with E-state index in [0.29, 0.717) is 36.7 Å². The van der Waals surface area contributed by atoms with E-state index in [1.54, 1.807) is 0 Å². The molecule has 0 unspecified atom stereocenters. The molecule has 0 radical (unpaired) electrons. The molecule has 8 heteroatoms. The fourth-order valence-electron chi connectivity index (χ4n) is 2.95. The summed E-state index contributed by atoms with van der Waals surface area (Å²) in [6.07, 6.45) is 2.13. The lowest BCUT2D eigenvalue weighted by Gasteiger charge is -2.41. The molecule has 7 nitrogen and oxygen atoms in total. The summed E-state index contributed by atoms with van der Waals surface area (Å²) >= 11 is 5.20. The third kappa shape index (κ3) is 3.96. The number of anilines is 1. The van der Waals surface area contributed by atoms with Crippen molar-refractivity contribution in [3.8, 4) is 0 Å². The Morgan fingerprint density at radius 1 is 1.50 bits per heavy atom. The Bertz CT molecular complexity index is 826. The van der Waals surface area contributed by atoms with E-state index in [9.17, 15) is 4.79 Å². The van der Waals surface area contributed by atoms with Gasteiger partial charge in [0.25, 0.3) is 0 Å². The second-order valence-electron chi connectivity index (χ2n) is 6.65. The van der Waals surface area contributed by atoms with E-state index in [0.717, 1.165) is 24.2 Å². The summed E-state index contributed by atoms with van der Waals surface area (Å²) in [5, 5.41) is 9.94. The van der Waals surface area contributed by atoms with Crippen LogP contribution in [0.1, 0.15) is 31.2 Å². The number of aromatic amines is 1. The second-order valence-corrected chi connectivity index (χ2v) is 7.04. The van der Waals surface area contributed by atoms with E-state index in [2.05, 4.69) is 28.5 Å². The molecule has 0 spiro atoms. The van der Waals surface area contributed by atoms with E-state index >= 15 is 0 Å². The number of carbonyl (C=O) groups excluding carboxylic acids is 1. The van der Waals surface area contributed by atoms with E-state index < -0.39 is 6.09 Å². The predicted molar refractivity (Wildman–Crippen MR) is 101 cm³/mol. The molecule has 0 saturated carbocycles. The summed E-state index contributed by atoms with van der Waals surface area (Å²) in [5.74, 6) is 0.885. The molecule has 0 atom stereocenters. The van der Waals surface area contributed by atoms with E-state index in [1.165, 1.54) is 0 Å². The Labute approximate surface area is 157 Å². The summed E-state index contributed by atoms with van der Waals surface area (Å²) in [5.41, 5.74) is 1.65. The highest BCUT2D eigenvalue weighted by Gasteiger charge is 2.41. The van der Waals surface area contributed by atoms with Gasteiger partial charge in [-0.15, -0.1) is 0 Å². The Morgan fingerprint density at radius 2 is 2.31 bits per heavy atom. The number of hydrogen-bond donors (Lipinski definition) is 2. The minimum Gasteiger partial charge on any atom is -0.449 e. The summed E-state index contributed by atoms with van der Waals surface area (Å²) in [6.45, 7) is 3.70. The van der Waals surface area contributed by atoms with Gasteiger partial charge in [0, 0.05) is 24.6 Å². The molecular formula is C18H24N4O3S. The van der Waals surface area contributed by atoms with Gasteiger partial charge in [0.15, 0.2) is 4.77 Å². The van der Waals surface area contributed by atoms with Crippen molar-refractivity contribution in [2.45, 2.75) is 31.6 Å². The number of hydrogen-bond acceptors (Lipinski definition) is 5. The molecule has 1 amide bonds. The number of carbonyl (C=O) groups is 1. The van der Waals surface area contributed by atoms with Gasteiger partial charge < -0.3 is 14.0 Å². The highest BCUT2D eigenvalue weighted by atomic mass is 32.1. The predicted octanol–water partition coefficient (Wildman–Crippen LogP) is 3.34. The summed E-state index contributed by atoms with van der Waals surface area (Å²) in [6, 6.07) is 7.82. The van der Waals surface area contributed by atoms with Crippen molar-refractivity contribution >= 4 is 24.0 Å². The van der Waals surface area contributed by atoms with E-state index in [1.807, 2.05) is 29.8 Å². The Kier molecular flexibility index (Phi) is 5.73. The van der Waals surface area contributed by atoms with Crippen LogP contribution in [0.25, 0.3) is 0 Å². The van der Waals surface area contributed by atoms with Crippen LogP contribution in [0.15, 0.2) is 24.3 Å². The first-order valence-electron chi connectivity index (χ1n) is 8.76. The molecular weight excluding hydrogens is 352 g/mol. The van der Waals surface area contributed by atoms with Crippen LogP contribution in [0.5, 0.6) is 0 Å². The van der Waals surface area contributed by atoms with E-state index in [-0.39, 0.29) is 5.41 Å². The number of benzene rings is 1. The highest BCUT2D eigenvalue weighted by Crippen LogP contribution is 2.36. The zero-order valence-corrected chi connectivity index (χ0v) is 15.9. The third-order valence-electron chi connectivity index (χ3n) is 4.68. The number of ether oxygens (including phenoxy) is 2. The van der Waals surface area contributed by atoms with Crippen LogP contribution in [-0.4, -0.2) is 40.7 Å². The Hall–Kier alpha value is -2.19. The molecule has 2 aromatic rings. The number of amides is 1. The van der Waals surface area contributed by atoms with Crippen molar-refractivity contribution in [2.24, 2.45) is 7.05 Å². The number of nitrogens with one attached hydrogen (secondary N) is 2. The molecule has 1 aromatic carbocycles. The average molecular weight is 376 g/mol. The van der Waals surface area contributed by atoms with Gasteiger partial charge in [0.1, 0.15) is 5.82 Å². The van der Waals surface area contributed by atoms with Crippen LogP contribution in [0.2, 0.25) is 0 Å². The lowest BCUT2D eigenvalue weighted by Crippen LogP contribution is -2.49. The molecule has 0 bridgehead atoms.